The van der Waals surface area contributed by atoms with E-state index in [0.717, 1.165) is 14.9 Å². The molecule has 0 atom stereocenters. The van der Waals surface area contributed by atoms with E-state index in [9.17, 15) is 9.59 Å². The summed E-state index contributed by atoms with van der Waals surface area (Å²) >= 11 is 4.99. The van der Waals surface area contributed by atoms with Crippen molar-refractivity contribution in [1.82, 2.24) is 10.2 Å². The fourth-order valence-electron chi connectivity index (χ4n) is 2.06. The van der Waals surface area contributed by atoms with Gasteiger partial charge in [-0.05, 0) is 42.1 Å². The molecule has 0 aliphatic carbocycles. The maximum atomic E-state index is 12.3. The van der Waals surface area contributed by atoms with E-state index in [0.29, 0.717) is 13.1 Å². The van der Waals surface area contributed by atoms with Crippen LogP contribution in [0.5, 0.6) is 0 Å². The largest absolute Gasteiger partial charge is 0.350 e. The fraction of sp³-hybridized carbons (Fsp3) is 0.222. The zero-order valence-corrected chi connectivity index (χ0v) is 15.8. The minimum absolute atomic E-state index is 0.0591. The Bertz CT molecular complexity index is 714. The number of halogens is 1. The molecule has 0 radical (unpaired) electrons. The molecule has 0 spiro atoms. The first-order chi connectivity index (χ1) is 11.6. The van der Waals surface area contributed by atoms with Crippen molar-refractivity contribution in [3.63, 3.8) is 0 Å². The molecule has 2 aromatic rings. The third kappa shape index (κ3) is 5.94. The lowest BCUT2D eigenvalue weighted by atomic mass is 10.2. The Morgan fingerprint density at radius 2 is 2.12 bits per heavy atom. The van der Waals surface area contributed by atoms with E-state index in [1.165, 1.54) is 11.0 Å². The van der Waals surface area contributed by atoms with Gasteiger partial charge in [-0.15, -0.1) is 11.3 Å². The number of rotatable bonds is 7. The van der Waals surface area contributed by atoms with Crippen molar-refractivity contribution in [3.05, 3.63) is 62.8 Å². The van der Waals surface area contributed by atoms with Crippen LogP contribution in [-0.2, 0) is 16.1 Å². The molecule has 1 aromatic heterocycles. The quantitative estimate of drug-likeness (QED) is 0.712. The van der Waals surface area contributed by atoms with Gasteiger partial charge in [-0.25, -0.2) is 0 Å². The standard InChI is InChI=1S/C18H19BrN2O2S/c1-2-21(13-17(22)20-12-16-7-4-10-24-16)18(23)9-8-14-5-3-6-15(19)11-14/h3-11H,2,12-13H2,1H3,(H,20,22)/b9-8+. The molecule has 24 heavy (non-hydrogen) atoms. The number of benzene rings is 1. The Labute approximate surface area is 154 Å². The van der Waals surface area contributed by atoms with Crippen LogP contribution in [0.4, 0.5) is 0 Å². The van der Waals surface area contributed by atoms with Crippen LogP contribution in [0.3, 0.4) is 0 Å². The second-order valence-electron chi connectivity index (χ2n) is 5.10. The first kappa shape index (κ1) is 18.4. The van der Waals surface area contributed by atoms with Gasteiger partial charge in [0.25, 0.3) is 0 Å². The maximum Gasteiger partial charge on any atom is 0.247 e. The van der Waals surface area contributed by atoms with Crippen molar-refractivity contribution in [2.75, 3.05) is 13.1 Å². The number of carbonyl (C=O) groups excluding carboxylic acids is 2. The van der Waals surface area contributed by atoms with Crippen molar-refractivity contribution in [2.45, 2.75) is 13.5 Å². The van der Waals surface area contributed by atoms with Gasteiger partial charge in [-0.1, -0.05) is 34.1 Å². The molecular formula is C18H19BrN2O2S. The van der Waals surface area contributed by atoms with E-state index in [1.54, 1.807) is 17.4 Å². The minimum Gasteiger partial charge on any atom is -0.350 e. The number of hydrogen-bond acceptors (Lipinski definition) is 3. The lowest BCUT2D eigenvalue weighted by Crippen LogP contribution is -2.39. The number of nitrogens with one attached hydrogen (secondary N) is 1. The third-order valence-corrected chi connectivity index (χ3v) is 4.70. The molecule has 0 fully saturated rings. The van der Waals surface area contributed by atoms with E-state index < -0.39 is 0 Å². The van der Waals surface area contributed by atoms with Crippen molar-refractivity contribution in [2.24, 2.45) is 0 Å². The topological polar surface area (TPSA) is 49.4 Å². The van der Waals surface area contributed by atoms with Gasteiger partial charge in [0.2, 0.25) is 11.8 Å². The van der Waals surface area contributed by atoms with Gasteiger partial charge >= 0.3 is 0 Å². The lowest BCUT2D eigenvalue weighted by molar-refractivity contribution is -0.132. The summed E-state index contributed by atoms with van der Waals surface area (Å²) in [5, 5.41) is 4.80. The van der Waals surface area contributed by atoms with Gasteiger partial charge in [-0.2, -0.15) is 0 Å². The predicted octanol–water partition coefficient (Wildman–Crippen LogP) is 3.69. The highest BCUT2D eigenvalue weighted by molar-refractivity contribution is 9.10. The van der Waals surface area contributed by atoms with Crippen molar-refractivity contribution in [1.29, 1.82) is 0 Å². The molecule has 2 rings (SSSR count). The van der Waals surface area contributed by atoms with Crippen LogP contribution in [0.1, 0.15) is 17.4 Å². The van der Waals surface area contributed by atoms with E-state index in [2.05, 4.69) is 21.2 Å². The number of nitrogens with zero attached hydrogens (tertiary/aromatic N) is 1. The maximum absolute atomic E-state index is 12.3. The summed E-state index contributed by atoms with van der Waals surface area (Å²) in [6, 6.07) is 11.6. The first-order valence-electron chi connectivity index (χ1n) is 7.60. The number of hydrogen-bond donors (Lipinski definition) is 1. The summed E-state index contributed by atoms with van der Waals surface area (Å²) in [6.45, 7) is 2.89. The van der Waals surface area contributed by atoms with E-state index >= 15 is 0 Å². The molecule has 1 aromatic carbocycles. The highest BCUT2D eigenvalue weighted by atomic mass is 79.9. The van der Waals surface area contributed by atoms with Crippen LogP contribution in [0.25, 0.3) is 6.08 Å². The van der Waals surface area contributed by atoms with E-state index in [1.807, 2.05) is 48.7 Å². The number of likely N-dealkylation sites (N-methyl/N-ethyl adjacent to an activating group) is 1. The molecule has 0 bridgehead atoms. The molecular weight excluding hydrogens is 388 g/mol. The van der Waals surface area contributed by atoms with Crippen LogP contribution in [0.2, 0.25) is 0 Å². The SMILES string of the molecule is CCN(CC(=O)NCc1cccs1)C(=O)/C=C/c1cccc(Br)c1. The Balaban J connectivity index is 1.87. The number of carbonyl (C=O) groups is 2. The van der Waals surface area contributed by atoms with E-state index in [-0.39, 0.29) is 18.4 Å². The number of thiophene rings is 1. The molecule has 126 valence electrons. The summed E-state index contributed by atoms with van der Waals surface area (Å²) in [5.74, 6) is -0.335. The molecule has 6 heteroatoms. The number of amides is 2. The highest BCUT2D eigenvalue weighted by Crippen LogP contribution is 2.13. The van der Waals surface area contributed by atoms with Crippen LogP contribution in [-0.4, -0.2) is 29.8 Å². The Hall–Kier alpha value is -1.92. The second kappa shape index (κ2) is 9.39. The van der Waals surface area contributed by atoms with Crippen LogP contribution >= 0.6 is 27.3 Å². The predicted molar refractivity (Wildman–Crippen MR) is 102 cm³/mol. The first-order valence-corrected chi connectivity index (χ1v) is 9.27. The summed E-state index contributed by atoms with van der Waals surface area (Å²) in [4.78, 5) is 26.9. The summed E-state index contributed by atoms with van der Waals surface area (Å²) < 4.78 is 0.956. The Morgan fingerprint density at radius 1 is 1.29 bits per heavy atom. The molecule has 0 aliphatic rings. The Kier molecular flexibility index (Phi) is 7.21. The molecule has 0 aliphatic heterocycles. The van der Waals surface area contributed by atoms with Crippen molar-refractivity contribution < 1.29 is 9.59 Å². The zero-order valence-electron chi connectivity index (χ0n) is 13.4. The molecule has 4 nitrogen and oxygen atoms in total. The summed E-state index contributed by atoms with van der Waals surface area (Å²) in [7, 11) is 0. The smallest absolute Gasteiger partial charge is 0.247 e. The van der Waals surface area contributed by atoms with Crippen LogP contribution < -0.4 is 5.32 Å². The van der Waals surface area contributed by atoms with Gasteiger partial charge in [0, 0.05) is 22.0 Å². The summed E-state index contributed by atoms with van der Waals surface area (Å²) in [6.07, 6.45) is 3.25. The molecule has 1 heterocycles. The zero-order chi connectivity index (χ0) is 17.4. The van der Waals surface area contributed by atoms with Crippen molar-refractivity contribution >= 4 is 45.2 Å². The monoisotopic (exact) mass is 406 g/mol. The average Bonchev–Trinajstić information content (AvgIpc) is 3.09. The third-order valence-electron chi connectivity index (χ3n) is 3.33. The molecule has 1 N–H and O–H groups in total. The molecule has 0 unspecified atom stereocenters. The average molecular weight is 407 g/mol. The van der Waals surface area contributed by atoms with Crippen LogP contribution in [0, 0.1) is 0 Å². The van der Waals surface area contributed by atoms with Gasteiger partial charge in [0.1, 0.15) is 0 Å². The van der Waals surface area contributed by atoms with Gasteiger partial charge < -0.3 is 10.2 Å². The summed E-state index contributed by atoms with van der Waals surface area (Å²) in [5.41, 5.74) is 0.927. The highest BCUT2D eigenvalue weighted by Gasteiger charge is 2.13. The van der Waals surface area contributed by atoms with Gasteiger partial charge in [-0.3, -0.25) is 9.59 Å². The minimum atomic E-state index is -0.177. The van der Waals surface area contributed by atoms with E-state index in [4.69, 9.17) is 0 Å². The Morgan fingerprint density at radius 3 is 2.79 bits per heavy atom. The lowest BCUT2D eigenvalue weighted by Gasteiger charge is -2.18. The fourth-order valence-corrected chi connectivity index (χ4v) is 3.12. The van der Waals surface area contributed by atoms with Gasteiger partial charge in [0.15, 0.2) is 0 Å². The van der Waals surface area contributed by atoms with Crippen molar-refractivity contribution in [3.8, 4) is 0 Å². The van der Waals surface area contributed by atoms with Crippen LogP contribution in [0.15, 0.2) is 52.3 Å². The second-order valence-corrected chi connectivity index (χ2v) is 7.04. The normalized spacial score (nSPS) is 10.8. The molecule has 2 amide bonds. The molecule has 0 saturated carbocycles. The van der Waals surface area contributed by atoms with Gasteiger partial charge in [0.05, 0.1) is 13.1 Å². The molecule has 0 saturated heterocycles.